The Bertz CT molecular complexity index is 953. The Labute approximate surface area is 177 Å². The molecular weight excluding hydrogens is 380 g/mol. The molecule has 1 unspecified atom stereocenters. The largest absolute Gasteiger partial charge is 0.507 e. The second-order valence-electron chi connectivity index (χ2n) is 7.46. The van der Waals surface area contributed by atoms with Crippen LogP contribution in [0, 0.1) is 6.92 Å². The van der Waals surface area contributed by atoms with Gasteiger partial charge >= 0.3 is 0 Å². The van der Waals surface area contributed by atoms with Gasteiger partial charge in [0.1, 0.15) is 11.5 Å². The van der Waals surface area contributed by atoms with E-state index >= 15 is 0 Å². The molecule has 1 aliphatic rings. The van der Waals surface area contributed by atoms with Gasteiger partial charge in [-0.05, 0) is 55.2 Å². The second kappa shape index (κ2) is 9.57. The number of pyridine rings is 1. The lowest BCUT2D eigenvalue weighted by Gasteiger charge is -2.25. The van der Waals surface area contributed by atoms with Gasteiger partial charge in [-0.1, -0.05) is 26.3 Å². The van der Waals surface area contributed by atoms with Crippen molar-refractivity contribution in [3.63, 3.8) is 0 Å². The number of aromatic nitrogens is 1. The van der Waals surface area contributed by atoms with Gasteiger partial charge in [-0.3, -0.25) is 14.6 Å². The summed E-state index contributed by atoms with van der Waals surface area (Å²) in [5.41, 5.74) is 2.14. The smallest absolute Gasteiger partial charge is 0.295 e. The summed E-state index contributed by atoms with van der Waals surface area (Å²) in [6.45, 7) is 7.00. The van der Waals surface area contributed by atoms with Crippen LogP contribution in [-0.4, -0.2) is 39.8 Å². The molecule has 1 fully saturated rings. The van der Waals surface area contributed by atoms with E-state index in [9.17, 15) is 14.7 Å². The van der Waals surface area contributed by atoms with Crippen LogP contribution in [0.1, 0.15) is 55.8 Å². The fourth-order valence-electron chi connectivity index (χ4n) is 3.65. The van der Waals surface area contributed by atoms with E-state index in [1.54, 1.807) is 41.6 Å². The van der Waals surface area contributed by atoms with Gasteiger partial charge in [0.25, 0.3) is 11.7 Å². The molecule has 6 heteroatoms. The summed E-state index contributed by atoms with van der Waals surface area (Å²) in [5.74, 6) is -0.688. The van der Waals surface area contributed by atoms with Crippen molar-refractivity contribution < 1.29 is 19.4 Å². The molecule has 1 N–H and O–H groups in total. The molecule has 0 bridgehead atoms. The van der Waals surface area contributed by atoms with Crippen LogP contribution >= 0.6 is 0 Å². The Kier molecular flexibility index (Phi) is 6.87. The highest BCUT2D eigenvalue weighted by Gasteiger charge is 2.45. The number of aliphatic hydroxyl groups is 1. The summed E-state index contributed by atoms with van der Waals surface area (Å²) in [6.07, 6.45) is 5.83. The Hall–Kier alpha value is -3.15. The predicted octanol–water partition coefficient (Wildman–Crippen LogP) is 4.40. The van der Waals surface area contributed by atoms with E-state index in [1.807, 2.05) is 26.8 Å². The van der Waals surface area contributed by atoms with E-state index in [0.717, 1.165) is 30.6 Å². The molecule has 0 saturated carbocycles. The molecule has 1 saturated heterocycles. The van der Waals surface area contributed by atoms with Crippen molar-refractivity contribution in [2.75, 3.05) is 13.2 Å². The van der Waals surface area contributed by atoms with Crippen molar-refractivity contribution in [3.8, 4) is 5.75 Å². The number of hydrogen-bond acceptors (Lipinski definition) is 5. The first kappa shape index (κ1) is 21.6. The van der Waals surface area contributed by atoms with Crippen molar-refractivity contribution in [1.29, 1.82) is 0 Å². The van der Waals surface area contributed by atoms with E-state index < -0.39 is 17.7 Å². The Balaban J connectivity index is 2.08. The third kappa shape index (κ3) is 4.22. The molecule has 2 heterocycles. The average molecular weight is 408 g/mol. The number of nitrogens with zero attached hydrogens (tertiary/aromatic N) is 2. The first-order chi connectivity index (χ1) is 14.5. The van der Waals surface area contributed by atoms with Crippen LogP contribution in [-0.2, 0) is 9.59 Å². The molecule has 30 heavy (non-hydrogen) atoms. The van der Waals surface area contributed by atoms with Gasteiger partial charge in [-0.15, -0.1) is 0 Å². The number of carbonyl (C=O) groups is 2. The third-order valence-electron chi connectivity index (χ3n) is 5.20. The standard InChI is InChI=1S/C24H28N2O4/c1-4-6-12-26-21(18-8-7-11-25-15-18)20(23(28)24(26)29)22(27)17-9-10-19(16(3)14-17)30-13-5-2/h7-11,14-15,21,27H,4-6,12-13H2,1-3H3/b22-20-. The maximum absolute atomic E-state index is 12.9. The molecule has 0 spiro atoms. The summed E-state index contributed by atoms with van der Waals surface area (Å²) in [6, 6.07) is 8.21. The van der Waals surface area contributed by atoms with Gasteiger partial charge < -0.3 is 14.7 Å². The van der Waals surface area contributed by atoms with Crippen LogP contribution in [0.5, 0.6) is 5.75 Å². The number of unbranched alkanes of at least 4 members (excludes halogenated alkanes) is 1. The molecule has 1 aromatic heterocycles. The lowest BCUT2D eigenvalue weighted by Crippen LogP contribution is -2.30. The lowest BCUT2D eigenvalue weighted by molar-refractivity contribution is -0.139. The highest BCUT2D eigenvalue weighted by molar-refractivity contribution is 6.46. The highest BCUT2D eigenvalue weighted by Crippen LogP contribution is 2.39. The van der Waals surface area contributed by atoms with Crippen molar-refractivity contribution in [2.24, 2.45) is 0 Å². The monoisotopic (exact) mass is 408 g/mol. The van der Waals surface area contributed by atoms with Crippen LogP contribution < -0.4 is 4.74 Å². The molecule has 3 rings (SSSR count). The number of ketones is 1. The van der Waals surface area contributed by atoms with Gasteiger partial charge in [-0.2, -0.15) is 0 Å². The molecular formula is C24H28N2O4. The van der Waals surface area contributed by atoms with Crippen molar-refractivity contribution in [2.45, 2.75) is 46.1 Å². The molecule has 0 aliphatic carbocycles. The highest BCUT2D eigenvalue weighted by atomic mass is 16.5. The van der Waals surface area contributed by atoms with Gasteiger partial charge in [0, 0.05) is 24.5 Å². The maximum Gasteiger partial charge on any atom is 0.295 e. The molecule has 1 atom stereocenters. The Morgan fingerprint density at radius 1 is 1.20 bits per heavy atom. The summed E-state index contributed by atoms with van der Waals surface area (Å²) in [7, 11) is 0. The van der Waals surface area contributed by atoms with E-state index in [4.69, 9.17) is 4.74 Å². The topological polar surface area (TPSA) is 79.7 Å². The molecule has 1 aliphatic heterocycles. The van der Waals surface area contributed by atoms with Crippen LogP contribution in [0.3, 0.4) is 0 Å². The average Bonchev–Trinajstić information content (AvgIpc) is 3.01. The van der Waals surface area contributed by atoms with Gasteiger partial charge in [0.15, 0.2) is 0 Å². The second-order valence-corrected chi connectivity index (χ2v) is 7.46. The molecule has 6 nitrogen and oxygen atoms in total. The third-order valence-corrected chi connectivity index (χ3v) is 5.20. The number of aliphatic hydroxyl groups excluding tert-OH is 1. The number of benzene rings is 1. The summed E-state index contributed by atoms with van der Waals surface area (Å²) < 4.78 is 5.70. The molecule has 1 amide bonds. The van der Waals surface area contributed by atoms with E-state index in [-0.39, 0.29) is 11.3 Å². The minimum atomic E-state index is -0.665. The number of hydrogen-bond donors (Lipinski definition) is 1. The molecule has 2 aromatic rings. The van der Waals surface area contributed by atoms with Gasteiger partial charge in [-0.25, -0.2) is 0 Å². The molecule has 158 valence electrons. The normalized spacial score (nSPS) is 18.1. The van der Waals surface area contributed by atoms with Crippen molar-refractivity contribution >= 4 is 17.4 Å². The minimum Gasteiger partial charge on any atom is -0.507 e. The number of rotatable bonds is 8. The summed E-state index contributed by atoms with van der Waals surface area (Å²) in [5, 5.41) is 11.1. The SMILES string of the molecule is CCCCN1C(=O)C(=O)/C(=C(\O)c2ccc(OCCC)c(C)c2)C1c1cccnc1. The zero-order valence-electron chi connectivity index (χ0n) is 17.7. The first-order valence-corrected chi connectivity index (χ1v) is 10.4. The predicted molar refractivity (Wildman–Crippen MR) is 115 cm³/mol. The first-order valence-electron chi connectivity index (χ1n) is 10.4. The zero-order valence-corrected chi connectivity index (χ0v) is 17.7. The van der Waals surface area contributed by atoms with Crippen LogP contribution in [0.25, 0.3) is 5.76 Å². The van der Waals surface area contributed by atoms with E-state index in [2.05, 4.69) is 4.98 Å². The number of carbonyl (C=O) groups excluding carboxylic acids is 2. The fraction of sp³-hybridized carbons (Fsp3) is 0.375. The summed E-state index contributed by atoms with van der Waals surface area (Å²) >= 11 is 0. The number of ether oxygens (including phenoxy) is 1. The number of Topliss-reactive ketones (excluding diaryl/α,β-unsaturated/α-hetero) is 1. The zero-order chi connectivity index (χ0) is 21.7. The maximum atomic E-state index is 12.9. The summed E-state index contributed by atoms with van der Waals surface area (Å²) in [4.78, 5) is 31.4. The fourth-order valence-corrected chi connectivity index (χ4v) is 3.65. The van der Waals surface area contributed by atoms with Crippen molar-refractivity contribution in [1.82, 2.24) is 9.88 Å². The molecule has 1 aromatic carbocycles. The van der Waals surface area contributed by atoms with Crippen LogP contribution in [0.2, 0.25) is 0 Å². The quantitative estimate of drug-likeness (QED) is 0.398. The van der Waals surface area contributed by atoms with Gasteiger partial charge in [0.05, 0.1) is 18.2 Å². The van der Waals surface area contributed by atoms with Gasteiger partial charge in [0.2, 0.25) is 0 Å². The van der Waals surface area contributed by atoms with Crippen LogP contribution in [0.4, 0.5) is 0 Å². The number of aryl methyl sites for hydroxylation is 1. The van der Waals surface area contributed by atoms with Crippen molar-refractivity contribution in [3.05, 3.63) is 65.0 Å². The number of amides is 1. The van der Waals surface area contributed by atoms with E-state index in [1.165, 1.54) is 0 Å². The number of likely N-dealkylation sites (tertiary alicyclic amines) is 1. The minimum absolute atomic E-state index is 0.103. The Morgan fingerprint density at radius 3 is 2.63 bits per heavy atom. The Morgan fingerprint density at radius 2 is 2.00 bits per heavy atom. The van der Waals surface area contributed by atoms with E-state index in [0.29, 0.717) is 24.3 Å². The molecule has 0 radical (unpaired) electrons. The van der Waals surface area contributed by atoms with Crippen LogP contribution in [0.15, 0.2) is 48.3 Å². The lowest BCUT2D eigenvalue weighted by atomic mass is 9.95.